The minimum Gasteiger partial charge on any atom is -0.872 e. The Labute approximate surface area is 188 Å². The first kappa shape index (κ1) is 25.9. The van der Waals surface area contributed by atoms with Gasteiger partial charge >= 0.3 is 23.9 Å². The van der Waals surface area contributed by atoms with E-state index in [4.69, 9.17) is 0 Å². The first-order valence-corrected chi connectivity index (χ1v) is 8.46. The molecule has 4 rings (SSSR count). The Hall–Kier alpha value is -3.12. The van der Waals surface area contributed by atoms with E-state index in [1.807, 2.05) is 24.3 Å². The van der Waals surface area contributed by atoms with Crippen LogP contribution in [0.3, 0.4) is 0 Å². The molecule has 0 amide bonds. The second kappa shape index (κ2) is 17.0. The van der Waals surface area contributed by atoms with Crippen LogP contribution in [0.25, 0.3) is 0 Å². The predicted octanol–water partition coefficient (Wildman–Crippen LogP) is 2.66. The van der Waals surface area contributed by atoms with Gasteiger partial charge in [0.1, 0.15) is 0 Å². The molecule has 144 valence electrons. The maximum Gasteiger partial charge on any atom is 4.00 e. The molecule has 0 unspecified atom stereocenters. The summed E-state index contributed by atoms with van der Waals surface area (Å²) in [5.74, 6) is 0.287. The second-order valence-electron chi connectivity index (χ2n) is 5.25. The Balaban J connectivity index is 0.000000356. The minimum absolute atomic E-state index is 0. The number of hydrogen-bond donors (Lipinski definition) is 0. The fourth-order valence-electron chi connectivity index (χ4n) is 1.68. The van der Waals surface area contributed by atoms with Crippen LogP contribution in [0.2, 0.25) is 0 Å². The molecular formula is C24H20O4Sn. The van der Waals surface area contributed by atoms with Gasteiger partial charge in [0.15, 0.2) is 0 Å². The third kappa shape index (κ3) is 15.6. The van der Waals surface area contributed by atoms with Gasteiger partial charge in [-0.2, -0.15) is 0 Å². The molecule has 0 saturated carbocycles. The van der Waals surface area contributed by atoms with Gasteiger partial charge in [0.25, 0.3) is 0 Å². The molecule has 0 atom stereocenters. The average molecular weight is 491 g/mol. The third-order valence-corrected chi connectivity index (χ3v) is 2.97. The summed E-state index contributed by atoms with van der Waals surface area (Å²) >= 11 is 0. The summed E-state index contributed by atoms with van der Waals surface area (Å²) in [6, 6.07) is 33.3. The van der Waals surface area contributed by atoms with Crippen LogP contribution in [0.4, 0.5) is 0 Å². The van der Waals surface area contributed by atoms with E-state index in [2.05, 4.69) is 0 Å². The molecular weight excluding hydrogens is 471 g/mol. The van der Waals surface area contributed by atoms with Gasteiger partial charge < -0.3 is 20.4 Å². The third-order valence-electron chi connectivity index (χ3n) is 2.97. The van der Waals surface area contributed by atoms with E-state index >= 15 is 0 Å². The molecule has 0 spiro atoms. The Morgan fingerprint density at radius 1 is 0.276 bits per heavy atom. The van der Waals surface area contributed by atoms with Crippen LogP contribution in [-0.4, -0.2) is 23.9 Å². The summed E-state index contributed by atoms with van der Waals surface area (Å²) < 4.78 is 0. The summed E-state index contributed by atoms with van der Waals surface area (Å²) in [6.45, 7) is 0. The smallest absolute Gasteiger partial charge is 0.872 e. The summed E-state index contributed by atoms with van der Waals surface area (Å²) in [6.07, 6.45) is 0. The van der Waals surface area contributed by atoms with Gasteiger partial charge in [0.05, 0.1) is 0 Å². The summed E-state index contributed by atoms with van der Waals surface area (Å²) in [4.78, 5) is 0. The topological polar surface area (TPSA) is 92.2 Å². The molecule has 29 heavy (non-hydrogen) atoms. The zero-order chi connectivity index (χ0) is 20.5. The second-order valence-corrected chi connectivity index (χ2v) is 5.25. The maximum absolute atomic E-state index is 10.3. The van der Waals surface area contributed by atoms with Crippen molar-refractivity contribution in [3.8, 4) is 23.0 Å². The molecule has 0 radical (unpaired) electrons. The monoisotopic (exact) mass is 492 g/mol. The number of para-hydroxylation sites is 4. The molecule has 0 saturated heterocycles. The normalized spacial score (nSPS) is 8.28. The van der Waals surface area contributed by atoms with Crippen molar-refractivity contribution in [2.45, 2.75) is 0 Å². The molecule has 0 bridgehead atoms. The van der Waals surface area contributed by atoms with E-state index in [-0.39, 0.29) is 46.9 Å². The van der Waals surface area contributed by atoms with E-state index < -0.39 is 0 Å². The van der Waals surface area contributed by atoms with Gasteiger partial charge in [0, 0.05) is 0 Å². The maximum atomic E-state index is 10.3. The molecule has 4 aromatic carbocycles. The Morgan fingerprint density at radius 3 is 0.483 bits per heavy atom. The fraction of sp³-hybridized carbons (Fsp3) is 0. The van der Waals surface area contributed by atoms with Crippen molar-refractivity contribution >= 4 is 23.9 Å². The molecule has 0 heterocycles. The standard InChI is InChI=1S/4C6H6O.Sn/c4*7-6-4-2-1-3-5-6;/h4*1-5,7H;/q;;;;+4/p-4. The fourth-order valence-corrected chi connectivity index (χ4v) is 1.68. The van der Waals surface area contributed by atoms with Gasteiger partial charge in [-0.25, -0.2) is 0 Å². The number of rotatable bonds is 0. The number of benzene rings is 4. The van der Waals surface area contributed by atoms with Crippen LogP contribution in [-0.2, 0) is 0 Å². The summed E-state index contributed by atoms with van der Waals surface area (Å²) in [7, 11) is 0. The van der Waals surface area contributed by atoms with E-state index in [1.165, 1.54) is 48.5 Å². The van der Waals surface area contributed by atoms with E-state index in [0.29, 0.717) is 0 Å². The molecule has 4 nitrogen and oxygen atoms in total. The average Bonchev–Trinajstić information content (AvgIpc) is 2.72. The zero-order valence-corrected chi connectivity index (χ0v) is 18.5. The first-order chi connectivity index (χ1) is 13.6. The first-order valence-electron chi connectivity index (χ1n) is 8.46. The summed E-state index contributed by atoms with van der Waals surface area (Å²) in [5.41, 5.74) is 0. The van der Waals surface area contributed by atoms with Crippen molar-refractivity contribution in [3.05, 3.63) is 121 Å². The van der Waals surface area contributed by atoms with Crippen molar-refractivity contribution in [2.24, 2.45) is 0 Å². The van der Waals surface area contributed by atoms with Gasteiger partial charge in [-0.15, -0.1) is 23.0 Å². The van der Waals surface area contributed by atoms with Crippen molar-refractivity contribution in [3.63, 3.8) is 0 Å². The largest absolute Gasteiger partial charge is 4.00 e. The molecule has 5 heteroatoms. The molecule has 0 fully saturated rings. The van der Waals surface area contributed by atoms with Crippen molar-refractivity contribution in [1.29, 1.82) is 0 Å². The molecule has 0 aromatic heterocycles. The van der Waals surface area contributed by atoms with Gasteiger partial charge in [-0.3, -0.25) is 0 Å². The van der Waals surface area contributed by atoms with Crippen molar-refractivity contribution in [1.82, 2.24) is 0 Å². The van der Waals surface area contributed by atoms with Crippen LogP contribution in [0.5, 0.6) is 23.0 Å². The van der Waals surface area contributed by atoms with E-state index in [9.17, 15) is 20.4 Å². The Kier molecular flexibility index (Phi) is 15.2. The molecule has 0 N–H and O–H groups in total. The summed E-state index contributed by atoms with van der Waals surface area (Å²) in [5, 5.41) is 41.1. The number of hydrogen-bond acceptors (Lipinski definition) is 4. The molecule has 4 aromatic rings. The van der Waals surface area contributed by atoms with Crippen LogP contribution >= 0.6 is 0 Å². The van der Waals surface area contributed by atoms with Crippen LogP contribution in [0, 0.1) is 0 Å². The van der Waals surface area contributed by atoms with Gasteiger partial charge in [0.2, 0.25) is 0 Å². The zero-order valence-electron chi connectivity index (χ0n) is 15.7. The van der Waals surface area contributed by atoms with Crippen LogP contribution in [0.1, 0.15) is 0 Å². The van der Waals surface area contributed by atoms with Crippen LogP contribution < -0.4 is 20.4 Å². The Bertz CT molecular complexity index is 693. The predicted molar refractivity (Wildman–Crippen MR) is 109 cm³/mol. The Morgan fingerprint density at radius 2 is 0.414 bits per heavy atom. The van der Waals surface area contributed by atoms with Crippen molar-refractivity contribution < 1.29 is 20.4 Å². The van der Waals surface area contributed by atoms with Crippen molar-refractivity contribution in [2.75, 3.05) is 0 Å². The van der Waals surface area contributed by atoms with Gasteiger partial charge in [-0.1, -0.05) is 121 Å². The van der Waals surface area contributed by atoms with Crippen LogP contribution in [0.15, 0.2) is 121 Å². The molecule has 0 aliphatic carbocycles. The molecule has 0 aliphatic heterocycles. The molecule has 0 aliphatic rings. The van der Waals surface area contributed by atoms with E-state index in [0.717, 1.165) is 0 Å². The van der Waals surface area contributed by atoms with E-state index in [1.54, 1.807) is 48.5 Å². The minimum atomic E-state index is 0. The van der Waals surface area contributed by atoms with Gasteiger partial charge in [-0.05, 0) is 0 Å². The SMILES string of the molecule is [O-]c1ccccc1.[O-]c1ccccc1.[O-]c1ccccc1.[O-]c1ccccc1.[Sn+4]. The quantitative estimate of drug-likeness (QED) is 0.354.